The van der Waals surface area contributed by atoms with Crippen LogP contribution in [0.25, 0.3) is 0 Å². The van der Waals surface area contributed by atoms with E-state index < -0.39 is 11.1 Å². The van der Waals surface area contributed by atoms with Crippen molar-refractivity contribution in [1.29, 1.82) is 0 Å². The lowest BCUT2D eigenvalue weighted by Crippen LogP contribution is -2.23. The Labute approximate surface area is 107 Å². The van der Waals surface area contributed by atoms with E-state index in [9.17, 15) is 9.50 Å². The van der Waals surface area contributed by atoms with Crippen LogP contribution >= 0.6 is 0 Å². The molecule has 0 saturated heterocycles. The van der Waals surface area contributed by atoms with Gasteiger partial charge in [0.15, 0.2) is 11.5 Å². The maximum Gasteiger partial charge on any atom is 0.231 e. The number of hydrogen-bond donors (Lipinski definition) is 1. The molecule has 1 heterocycles. The molecule has 0 bridgehead atoms. The van der Waals surface area contributed by atoms with Gasteiger partial charge in [0, 0.05) is 11.0 Å². The molecule has 18 heavy (non-hydrogen) atoms. The molecule has 1 aliphatic heterocycles. The minimum Gasteiger partial charge on any atom is -0.454 e. The van der Waals surface area contributed by atoms with Crippen LogP contribution in [0.15, 0.2) is 12.1 Å². The molecule has 100 valence electrons. The van der Waals surface area contributed by atoms with Crippen molar-refractivity contribution in [1.82, 2.24) is 0 Å². The first-order valence-corrected chi connectivity index (χ1v) is 6.00. The van der Waals surface area contributed by atoms with Crippen molar-refractivity contribution in [2.24, 2.45) is 0 Å². The molecule has 1 aliphatic rings. The third-order valence-electron chi connectivity index (χ3n) is 3.28. The first-order chi connectivity index (χ1) is 8.25. The van der Waals surface area contributed by atoms with Crippen molar-refractivity contribution < 1.29 is 19.0 Å². The Morgan fingerprint density at radius 3 is 2.44 bits per heavy atom. The maximum absolute atomic E-state index is 14.1. The van der Waals surface area contributed by atoms with Crippen LogP contribution in [0, 0.1) is 0 Å². The fourth-order valence-corrected chi connectivity index (χ4v) is 1.94. The van der Waals surface area contributed by atoms with E-state index in [2.05, 4.69) is 0 Å². The fourth-order valence-electron chi connectivity index (χ4n) is 1.94. The van der Waals surface area contributed by atoms with E-state index in [4.69, 9.17) is 9.47 Å². The normalized spacial score (nSPS) is 15.0. The number of ether oxygens (including phenoxy) is 2. The molecule has 0 spiro atoms. The number of rotatable bonds is 3. The Morgan fingerprint density at radius 1 is 1.22 bits per heavy atom. The largest absolute Gasteiger partial charge is 0.454 e. The second-order valence-corrected chi connectivity index (χ2v) is 5.77. The molecular formula is C14H19FO3. The molecule has 0 radical (unpaired) electrons. The highest BCUT2D eigenvalue weighted by atomic mass is 19.1. The fraction of sp³-hybridized carbons (Fsp3) is 0.571. The van der Waals surface area contributed by atoms with Gasteiger partial charge in [0.25, 0.3) is 0 Å². The van der Waals surface area contributed by atoms with Gasteiger partial charge in [0.1, 0.15) is 5.67 Å². The lowest BCUT2D eigenvalue weighted by molar-refractivity contribution is 0.169. The summed E-state index contributed by atoms with van der Waals surface area (Å²) >= 11 is 0. The van der Waals surface area contributed by atoms with Crippen molar-refractivity contribution in [3.8, 4) is 11.5 Å². The summed E-state index contributed by atoms with van der Waals surface area (Å²) in [6, 6.07) is 3.42. The van der Waals surface area contributed by atoms with E-state index in [0.717, 1.165) is 5.56 Å². The third kappa shape index (κ3) is 2.17. The molecule has 1 aromatic carbocycles. The highest BCUT2D eigenvalue weighted by Crippen LogP contribution is 2.44. The Bertz CT molecular complexity index is 461. The molecule has 1 aromatic rings. The number of halogens is 1. The van der Waals surface area contributed by atoms with Gasteiger partial charge in [-0.2, -0.15) is 0 Å². The van der Waals surface area contributed by atoms with E-state index in [1.54, 1.807) is 12.1 Å². The van der Waals surface area contributed by atoms with E-state index in [1.165, 1.54) is 13.8 Å². The predicted molar refractivity (Wildman–Crippen MR) is 66.8 cm³/mol. The van der Waals surface area contributed by atoms with Crippen molar-refractivity contribution in [2.75, 3.05) is 13.4 Å². The van der Waals surface area contributed by atoms with Crippen molar-refractivity contribution >= 4 is 0 Å². The molecule has 3 nitrogen and oxygen atoms in total. The van der Waals surface area contributed by atoms with Gasteiger partial charge in [-0.15, -0.1) is 0 Å². The summed E-state index contributed by atoms with van der Waals surface area (Å²) < 4.78 is 24.9. The zero-order valence-corrected chi connectivity index (χ0v) is 11.2. The second-order valence-electron chi connectivity index (χ2n) is 5.77. The van der Waals surface area contributed by atoms with Crippen LogP contribution in [0.2, 0.25) is 0 Å². The SMILES string of the molecule is CC(C)(F)c1cc2c(c(C(C)(C)CO)c1)OCO2. The Balaban J connectivity index is 2.61. The van der Waals surface area contributed by atoms with E-state index in [0.29, 0.717) is 17.1 Å². The number of hydrogen-bond acceptors (Lipinski definition) is 3. The Morgan fingerprint density at radius 2 is 1.89 bits per heavy atom. The van der Waals surface area contributed by atoms with Gasteiger partial charge in [-0.05, 0) is 31.5 Å². The van der Waals surface area contributed by atoms with Crippen LogP contribution in [0.3, 0.4) is 0 Å². The first kappa shape index (κ1) is 13.1. The predicted octanol–water partition coefficient (Wildman–Crippen LogP) is 2.89. The lowest BCUT2D eigenvalue weighted by Gasteiger charge is -2.26. The number of aliphatic hydroxyl groups is 1. The summed E-state index contributed by atoms with van der Waals surface area (Å²) in [4.78, 5) is 0. The summed E-state index contributed by atoms with van der Waals surface area (Å²) in [7, 11) is 0. The smallest absolute Gasteiger partial charge is 0.231 e. The topological polar surface area (TPSA) is 38.7 Å². The van der Waals surface area contributed by atoms with Gasteiger partial charge in [-0.1, -0.05) is 13.8 Å². The third-order valence-corrected chi connectivity index (χ3v) is 3.28. The van der Waals surface area contributed by atoms with Gasteiger partial charge in [-0.3, -0.25) is 0 Å². The van der Waals surface area contributed by atoms with E-state index >= 15 is 0 Å². The van der Waals surface area contributed by atoms with Gasteiger partial charge in [-0.25, -0.2) is 4.39 Å². The van der Waals surface area contributed by atoms with Crippen LogP contribution in [0.4, 0.5) is 4.39 Å². The molecule has 0 aromatic heterocycles. The van der Waals surface area contributed by atoms with Crippen molar-refractivity contribution in [3.63, 3.8) is 0 Å². The molecule has 4 heteroatoms. The monoisotopic (exact) mass is 254 g/mol. The molecule has 0 atom stereocenters. The van der Waals surface area contributed by atoms with Crippen LogP contribution in [0.5, 0.6) is 11.5 Å². The zero-order chi connectivity index (χ0) is 13.6. The highest BCUT2D eigenvalue weighted by molar-refractivity contribution is 5.54. The quantitative estimate of drug-likeness (QED) is 0.901. The van der Waals surface area contributed by atoms with E-state index in [-0.39, 0.29) is 13.4 Å². The second kappa shape index (κ2) is 4.12. The van der Waals surface area contributed by atoms with Crippen LogP contribution in [-0.4, -0.2) is 18.5 Å². The van der Waals surface area contributed by atoms with Crippen LogP contribution < -0.4 is 9.47 Å². The number of alkyl halides is 1. The summed E-state index contributed by atoms with van der Waals surface area (Å²) in [5.74, 6) is 1.16. The van der Waals surface area contributed by atoms with Crippen molar-refractivity contribution in [2.45, 2.75) is 38.8 Å². The zero-order valence-electron chi connectivity index (χ0n) is 11.2. The molecule has 0 saturated carbocycles. The number of fused-ring (bicyclic) bond motifs is 1. The summed E-state index contributed by atoms with van der Waals surface area (Å²) in [5.41, 5.74) is -0.649. The Kier molecular flexibility index (Phi) is 3.01. The van der Waals surface area contributed by atoms with Gasteiger partial charge in [0.2, 0.25) is 6.79 Å². The average Bonchev–Trinajstić information content (AvgIpc) is 2.74. The summed E-state index contributed by atoms with van der Waals surface area (Å²) in [6.07, 6.45) is 0. The average molecular weight is 254 g/mol. The minimum absolute atomic E-state index is 0.0427. The highest BCUT2D eigenvalue weighted by Gasteiger charge is 2.32. The van der Waals surface area contributed by atoms with Crippen LogP contribution in [-0.2, 0) is 11.1 Å². The summed E-state index contributed by atoms with van der Waals surface area (Å²) in [5, 5.41) is 9.48. The Hall–Kier alpha value is -1.29. The molecule has 0 amide bonds. The van der Waals surface area contributed by atoms with Crippen molar-refractivity contribution in [3.05, 3.63) is 23.3 Å². The minimum atomic E-state index is -1.46. The molecule has 0 aliphatic carbocycles. The number of benzene rings is 1. The van der Waals surface area contributed by atoms with Crippen LogP contribution in [0.1, 0.15) is 38.8 Å². The molecular weight excluding hydrogens is 235 g/mol. The van der Waals surface area contributed by atoms with E-state index in [1.807, 2.05) is 13.8 Å². The molecule has 1 N–H and O–H groups in total. The standard InChI is InChI=1S/C14H19FO3/c1-13(2,7-16)10-5-9(14(3,4)15)6-11-12(10)18-8-17-11/h5-6,16H,7-8H2,1-4H3. The first-order valence-electron chi connectivity index (χ1n) is 6.00. The van der Waals surface area contributed by atoms with Gasteiger partial charge < -0.3 is 14.6 Å². The summed E-state index contributed by atoms with van der Waals surface area (Å²) in [6.45, 7) is 6.87. The van der Waals surface area contributed by atoms with Gasteiger partial charge >= 0.3 is 0 Å². The van der Waals surface area contributed by atoms with Gasteiger partial charge in [0.05, 0.1) is 6.61 Å². The number of aliphatic hydroxyl groups excluding tert-OH is 1. The maximum atomic E-state index is 14.1. The molecule has 0 unspecified atom stereocenters. The molecule has 2 rings (SSSR count). The molecule has 0 fully saturated rings. The lowest BCUT2D eigenvalue weighted by atomic mass is 9.82.